The van der Waals surface area contributed by atoms with E-state index in [1.165, 1.54) is 65.6 Å². The third-order valence-electron chi connectivity index (χ3n) is 8.00. The highest BCUT2D eigenvalue weighted by molar-refractivity contribution is 7.92. The van der Waals surface area contributed by atoms with Gasteiger partial charge in [0, 0.05) is 24.6 Å². The first-order valence-corrected chi connectivity index (χ1v) is 16.4. The monoisotopic (exact) mass is 631 g/mol. The van der Waals surface area contributed by atoms with Gasteiger partial charge < -0.3 is 10.2 Å². The second kappa shape index (κ2) is 14.5. The van der Waals surface area contributed by atoms with Crippen molar-refractivity contribution < 1.29 is 26.8 Å². The van der Waals surface area contributed by atoms with Crippen LogP contribution in [0.1, 0.15) is 36.8 Å². The second-order valence-electron chi connectivity index (χ2n) is 11.1. The summed E-state index contributed by atoms with van der Waals surface area (Å²) in [6.45, 7) is -1.13. The van der Waals surface area contributed by atoms with Crippen molar-refractivity contribution in [1.82, 2.24) is 10.2 Å². The van der Waals surface area contributed by atoms with Gasteiger partial charge in [0.1, 0.15) is 24.2 Å². The molecule has 0 radical (unpaired) electrons. The molecule has 1 saturated carbocycles. The number of nitrogens with zero attached hydrogens (tertiary/aromatic N) is 2. The second-order valence-corrected chi connectivity index (χ2v) is 12.9. The third-order valence-corrected chi connectivity index (χ3v) is 9.78. The molecule has 1 aliphatic rings. The summed E-state index contributed by atoms with van der Waals surface area (Å²) in [4.78, 5) is 29.4. The van der Waals surface area contributed by atoms with Crippen LogP contribution < -0.4 is 9.62 Å². The molecular weight excluding hydrogens is 596 g/mol. The zero-order chi connectivity index (χ0) is 31.8. The third kappa shape index (κ3) is 7.75. The minimum atomic E-state index is -4.44. The van der Waals surface area contributed by atoms with Gasteiger partial charge in [0.15, 0.2) is 0 Å². The smallest absolute Gasteiger partial charge is 0.264 e. The van der Waals surface area contributed by atoms with Gasteiger partial charge in [-0.15, -0.1) is 0 Å². The van der Waals surface area contributed by atoms with E-state index >= 15 is 8.78 Å². The molecule has 4 aromatic rings. The van der Waals surface area contributed by atoms with E-state index < -0.39 is 46.1 Å². The summed E-state index contributed by atoms with van der Waals surface area (Å²) in [6, 6.07) is 26.6. The van der Waals surface area contributed by atoms with Gasteiger partial charge in [-0.25, -0.2) is 17.2 Å². The van der Waals surface area contributed by atoms with E-state index in [2.05, 4.69) is 5.32 Å². The lowest BCUT2D eigenvalue weighted by Crippen LogP contribution is -2.54. The summed E-state index contributed by atoms with van der Waals surface area (Å²) >= 11 is 0. The van der Waals surface area contributed by atoms with Crippen LogP contribution in [0.15, 0.2) is 114 Å². The van der Waals surface area contributed by atoms with Crippen LogP contribution in [0, 0.1) is 11.6 Å². The molecule has 1 N–H and O–H groups in total. The molecule has 0 unspecified atom stereocenters. The Balaban J connectivity index is 1.57. The number of rotatable bonds is 12. The fourth-order valence-electron chi connectivity index (χ4n) is 5.62. The van der Waals surface area contributed by atoms with Gasteiger partial charge in [-0.2, -0.15) is 0 Å². The quantitative estimate of drug-likeness (QED) is 0.212. The highest BCUT2D eigenvalue weighted by Crippen LogP contribution is 2.27. The predicted molar refractivity (Wildman–Crippen MR) is 169 cm³/mol. The van der Waals surface area contributed by atoms with Gasteiger partial charge in [0.2, 0.25) is 11.8 Å². The summed E-state index contributed by atoms with van der Waals surface area (Å²) in [5, 5.41) is 3.07. The molecule has 45 heavy (non-hydrogen) atoms. The number of carbonyl (C=O) groups is 2. The molecule has 234 valence electrons. The van der Waals surface area contributed by atoms with Crippen molar-refractivity contribution in [3.05, 3.63) is 132 Å². The van der Waals surface area contributed by atoms with Gasteiger partial charge >= 0.3 is 0 Å². The summed E-state index contributed by atoms with van der Waals surface area (Å²) < 4.78 is 58.8. The molecule has 1 atom stereocenters. The van der Waals surface area contributed by atoms with E-state index in [9.17, 15) is 18.0 Å². The molecule has 0 saturated heterocycles. The first-order valence-electron chi connectivity index (χ1n) is 14.9. The first-order chi connectivity index (χ1) is 21.7. The Morgan fingerprint density at radius 3 is 2.00 bits per heavy atom. The van der Waals surface area contributed by atoms with Crippen LogP contribution in [0.2, 0.25) is 0 Å². The number of benzene rings is 4. The van der Waals surface area contributed by atoms with Crippen molar-refractivity contribution in [3.63, 3.8) is 0 Å². The fraction of sp³-hybridized carbons (Fsp3) is 0.257. The number of hydrogen-bond donors (Lipinski definition) is 1. The zero-order valence-electron chi connectivity index (χ0n) is 24.7. The molecular formula is C35H35F2N3O4S. The average molecular weight is 632 g/mol. The predicted octanol–water partition coefficient (Wildman–Crippen LogP) is 5.86. The minimum absolute atomic E-state index is 0.0606. The van der Waals surface area contributed by atoms with Crippen LogP contribution in [-0.2, 0) is 32.6 Å². The highest BCUT2D eigenvalue weighted by atomic mass is 32.2. The Morgan fingerprint density at radius 1 is 0.778 bits per heavy atom. The van der Waals surface area contributed by atoms with Crippen LogP contribution >= 0.6 is 0 Å². The Labute approximate surface area is 262 Å². The number of halogens is 2. The van der Waals surface area contributed by atoms with E-state index in [1.54, 1.807) is 12.1 Å². The van der Waals surface area contributed by atoms with Gasteiger partial charge in [0.25, 0.3) is 10.0 Å². The molecule has 2 amide bonds. The van der Waals surface area contributed by atoms with Crippen molar-refractivity contribution in [2.45, 2.75) is 55.6 Å². The number of anilines is 1. The fourth-order valence-corrected chi connectivity index (χ4v) is 7.06. The lowest BCUT2D eigenvalue weighted by atomic mass is 10.0. The maximum Gasteiger partial charge on any atom is 0.264 e. The van der Waals surface area contributed by atoms with E-state index in [4.69, 9.17) is 0 Å². The standard InChI is InChI=1S/C35H35F2N3O4S/c36-30-20-10-7-15-27(30)24-39(33(23-26-13-3-1-4-14-26)35(42)38-28-16-8-9-17-28)34(41)25-40(32-22-12-11-21-31(32)37)45(43,44)29-18-5-2-6-19-29/h1-7,10-15,18-22,28,33H,8-9,16-17,23-25H2,(H,38,42)/t33-/m0/s1. The number of carbonyl (C=O) groups excluding carboxylic acids is 2. The molecule has 0 aliphatic heterocycles. The average Bonchev–Trinajstić information content (AvgIpc) is 3.56. The molecule has 10 heteroatoms. The van der Waals surface area contributed by atoms with Crippen LogP contribution in [0.4, 0.5) is 14.5 Å². The number of amides is 2. The molecule has 0 bridgehead atoms. The number of hydrogen-bond acceptors (Lipinski definition) is 4. The van der Waals surface area contributed by atoms with Gasteiger partial charge in [-0.3, -0.25) is 13.9 Å². The number of nitrogens with one attached hydrogen (secondary N) is 1. The maximum absolute atomic E-state index is 15.2. The van der Waals surface area contributed by atoms with Crippen molar-refractivity contribution >= 4 is 27.5 Å². The Hall–Kier alpha value is -4.57. The topological polar surface area (TPSA) is 86.8 Å². The molecule has 7 nitrogen and oxygen atoms in total. The maximum atomic E-state index is 15.2. The molecule has 0 heterocycles. The number of sulfonamides is 1. The Kier molecular flexibility index (Phi) is 10.2. The lowest BCUT2D eigenvalue weighted by Gasteiger charge is -2.34. The van der Waals surface area contributed by atoms with Crippen molar-refractivity contribution in [3.8, 4) is 0 Å². The van der Waals surface area contributed by atoms with Crippen LogP contribution in [0.3, 0.4) is 0 Å². The Bertz CT molecular complexity index is 1720. The largest absolute Gasteiger partial charge is 0.352 e. The van der Waals surface area contributed by atoms with Crippen LogP contribution in [0.25, 0.3) is 0 Å². The highest BCUT2D eigenvalue weighted by Gasteiger charge is 2.36. The number of para-hydroxylation sites is 1. The van der Waals surface area contributed by atoms with Crippen molar-refractivity contribution in [2.24, 2.45) is 0 Å². The molecule has 1 aliphatic carbocycles. The lowest BCUT2D eigenvalue weighted by molar-refractivity contribution is -0.140. The van der Waals surface area contributed by atoms with Crippen LogP contribution in [-0.4, -0.2) is 43.8 Å². The first kappa shape index (κ1) is 31.8. The van der Waals surface area contributed by atoms with Crippen molar-refractivity contribution in [2.75, 3.05) is 10.8 Å². The summed E-state index contributed by atoms with van der Waals surface area (Å²) in [7, 11) is -4.44. The van der Waals surface area contributed by atoms with E-state index in [0.29, 0.717) is 4.31 Å². The van der Waals surface area contributed by atoms with Crippen molar-refractivity contribution in [1.29, 1.82) is 0 Å². The van der Waals surface area contributed by atoms with E-state index in [1.807, 2.05) is 30.3 Å². The van der Waals surface area contributed by atoms with E-state index in [-0.39, 0.29) is 35.2 Å². The Morgan fingerprint density at radius 2 is 1.36 bits per heavy atom. The van der Waals surface area contributed by atoms with E-state index in [0.717, 1.165) is 37.3 Å². The molecule has 4 aromatic carbocycles. The van der Waals surface area contributed by atoms with Gasteiger partial charge in [-0.05, 0) is 48.7 Å². The molecule has 1 fully saturated rings. The van der Waals surface area contributed by atoms with Gasteiger partial charge in [-0.1, -0.05) is 91.7 Å². The summed E-state index contributed by atoms with van der Waals surface area (Å²) in [6.07, 6.45) is 3.66. The molecule has 0 spiro atoms. The summed E-state index contributed by atoms with van der Waals surface area (Å²) in [5.74, 6) is -2.62. The summed E-state index contributed by atoms with van der Waals surface area (Å²) in [5.41, 5.74) is 0.592. The zero-order valence-corrected chi connectivity index (χ0v) is 25.5. The molecule has 5 rings (SSSR count). The minimum Gasteiger partial charge on any atom is -0.352 e. The SMILES string of the molecule is O=C(NC1CCCC1)[C@H](Cc1ccccc1)N(Cc1ccccc1F)C(=O)CN(c1ccccc1F)S(=O)(=O)c1ccccc1. The van der Waals surface area contributed by atoms with Crippen LogP contribution in [0.5, 0.6) is 0 Å². The molecule has 0 aromatic heterocycles. The van der Waals surface area contributed by atoms with Gasteiger partial charge in [0.05, 0.1) is 10.6 Å². The normalized spacial score (nSPS) is 14.1.